The SMILES string of the molecule is CCC(CC)N(CCCl)CC(C)OC. The molecule has 1 unspecified atom stereocenters. The van der Waals surface area contributed by atoms with Gasteiger partial charge in [-0.1, -0.05) is 13.8 Å². The molecule has 1 atom stereocenters. The van der Waals surface area contributed by atoms with Crippen LogP contribution in [0.15, 0.2) is 0 Å². The molecule has 0 fully saturated rings. The van der Waals surface area contributed by atoms with Crippen molar-refractivity contribution in [3.8, 4) is 0 Å². The summed E-state index contributed by atoms with van der Waals surface area (Å²) in [5.74, 6) is 0.701. The quantitative estimate of drug-likeness (QED) is 0.585. The Kier molecular flexibility index (Phi) is 8.64. The Morgan fingerprint density at radius 1 is 1.29 bits per heavy atom. The van der Waals surface area contributed by atoms with Crippen LogP contribution in [-0.2, 0) is 4.74 Å². The first-order valence-electron chi connectivity index (χ1n) is 5.52. The van der Waals surface area contributed by atoms with E-state index in [-0.39, 0.29) is 0 Å². The third kappa shape index (κ3) is 5.18. The van der Waals surface area contributed by atoms with Gasteiger partial charge in [-0.15, -0.1) is 11.6 Å². The molecule has 0 aromatic heterocycles. The van der Waals surface area contributed by atoms with Crippen LogP contribution in [0.2, 0.25) is 0 Å². The van der Waals surface area contributed by atoms with Crippen LogP contribution in [0.1, 0.15) is 33.6 Å². The molecule has 0 heterocycles. The van der Waals surface area contributed by atoms with Crippen molar-refractivity contribution in [3.63, 3.8) is 0 Å². The standard InChI is InChI=1S/C11H24ClNO/c1-5-11(6-2)13(8-7-12)9-10(3)14-4/h10-11H,5-9H2,1-4H3. The molecule has 0 aromatic carbocycles. The molecule has 0 aromatic rings. The van der Waals surface area contributed by atoms with E-state index in [0.717, 1.165) is 13.1 Å². The average molecular weight is 222 g/mol. The molecule has 14 heavy (non-hydrogen) atoms. The molecule has 0 spiro atoms. The van der Waals surface area contributed by atoms with E-state index >= 15 is 0 Å². The van der Waals surface area contributed by atoms with Crippen LogP contribution in [0.4, 0.5) is 0 Å². The lowest BCUT2D eigenvalue weighted by Gasteiger charge is -2.31. The van der Waals surface area contributed by atoms with E-state index in [1.807, 2.05) is 0 Å². The summed E-state index contributed by atoms with van der Waals surface area (Å²) in [7, 11) is 1.76. The van der Waals surface area contributed by atoms with Crippen molar-refractivity contribution in [1.29, 1.82) is 0 Å². The van der Waals surface area contributed by atoms with Gasteiger partial charge in [-0.05, 0) is 19.8 Å². The summed E-state index contributed by atoms with van der Waals surface area (Å²) in [6, 6.07) is 0.645. The number of rotatable bonds is 8. The molecule has 0 aliphatic heterocycles. The number of ether oxygens (including phenoxy) is 1. The van der Waals surface area contributed by atoms with Crippen molar-refractivity contribution < 1.29 is 4.74 Å². The molecule has 0 saturated carbocycles. The Bertz CT molecular complexity index is 128. The van der Waals surface area contributed by atoms with Gasteiger partial charge in [0.25, 0.3) is 0 Å². The van der Waals surface area contributed by atoms with Gasteiger partial charge < -0.3 is 4.74 Å². The maximum absolute atomic E-state index is 5.80. The van der Waals surface area contributed by atoms with Crippen molar-refractivity contribution >= 4 is 11.6 Å². The van der Waals surface area contributed by atoms with E-state index in [4.69, 9.17) is 16.3 Å². The number of nitrogens with zero attached hydrogens (tertiary/aromatic N) is 1. The van der Waals surface area contributed by atoms with Gasteiger partial charge in [0.05, 0.1) is 6.10 Å². The molecule has 0 amide bonds. The van der Waals surface area contributed by atoms with Crippen LogP contribution in [0.25, 0.3) is 0 Å². The molecular formula is C11H24ClNO. The van der Waals surface area contributed by atoms with Crippen LogP contribution in [0.5, 0.6) is 0 Å². The second-order valence-electron chi connectivity index (χ2n) is 3.70. The lowest BCUT2D eigenvalue weighted by atomic mass is 10.1. The van der Waals surface area contributed by atoms with Crippen molar-refractivity contribution in [1.82, 2.24) is 4.90 Å². The molecule has 0 N–H and O–H groups in total. The largest absolute Gasteiger partial charge is 0.380 e. The first-order chi connectivity index (χ1) is 6.69. The van der Waals surface area contributed by atoms with Crippen molar-refractivity contribution in [2.24, 2.45) is 0 Å². The van der Waals surface area contributed by atoms with Crippen molar-refractivity contribution in [2.45, 2.75) is 45.8 Å². The van der Waals surface area contributed by atoms with Crippen LogP contribution < -0.4 is 0 Å². The summed E-state index contributed by atoms with van der Waals surface area (Å²) in [5, 5.41) is 0. The van der Waals surface area contributed by atoms with Gasteiger partial charge in [-0.25, -0.2) is 0 Å². The predicted octanol–water partition coefficient (Wildman–Crippen LogP) is 2.75. The van der Waals surface area contributed by atoms with Gasteiger partial charge in [0.15, 0.2) is 0 Å². The molecule has 2 nitrogen and oxygen atoms in total. The monoisotopic (exact) mass is 221 g/mol. The van der Waals surface area contributed by atoms with Crippen LogP contribution in [0.3, 0.4) is 0 Å². The normalized spacial score (nSPS) is 13.9. The zero-order valence-corrected chi connectivity index (χ0v) is 10.7. The summed E-state index contributed by atoms with van der Waals surface area (Å²) >= 11 is 5.80. The number of hydrogen-bond donors (Lipinski definition) is 0. The van der Waals surface area contributed by atoms with Gasteiger partial charge in [-0.3, -0.25) is 4.90 Å². The number of methoxy groups -OCH3 is 1. The van der Waals surface area contributed by atoms with Crippen LogP contribution >= 0.6 is 11.6 Å². The highest BCUT2D eigenvalue weighted by atomic mass is 35.5. The third-order valence-corrected chi connectivity index (χ3v) is 2.89. The Morgan fingerprint density at radius 3 is 2.21 bits per heavy atom. The topological polar surface area (TPSA) is 12.5 Å². The maximum atomic E-state index is 5.80. The summed E-state index contributed by atoms with van der Waals surface area (Å²) in [4.78, 5) is 2.43. The Morgan fingerprint density at radius 2 is 1.86 bits per heavy atom. The number of halogens is 1. The smallest absolute Gasteiger partial charge is 0.0670 e. The molecule has 0 rings (SSSR count). The van der Waals surface area contributed by atoms with Crippen molar-refractivity contribution in [2.75, 3.05) is 26.1 Å². The predicted molar refractivity (Wildman–Crippen MR) is 63.1 cm³/mol. The molecule has 0 aliphatic carbocycles. The molecule has 0 saturated heterocycles. The fourth-order valence-corrected chi connectivity index (χ4v) is 1.96. The van der Waals surface area contributed by atoms with E-state index in [1.165, 1.54) is 12.8 Å². The molecule has 3 heteroatoms. The lowest BCUT2D eigenvalue weighted by molar-refractivity contribution is 0.0605. The van der Waals surface area contributed by atoms with Gasteiger partial charge in [0, 0.05) is 32.1 Å². The zero-order valence-electron chi connectivity index (χ0n) is 9.92. The third-order valence-electron chi connectivity index (χ3n) is 2.72. The van der Waals surface area contributed by atoms with E-state index in [9.17, 15) is 0 Å². The van der Waals surface area contributed by atoms with Gasteiger partial charge in [-0.2, -0.15) is 0 Å². The summed E-state index contributed by atoms with van der Waals surface area (Å²) in [6.07, 6.45) is 2.66. The summed E-state index contributed by atoms with van der Waals surface area (Å²) < 4.78 is 5.28. The molecule has 0 radical (unpaired) electrons. The minimum atomic E-state index is 0.291. The van der Waals surface area contributed by atoms with Crippen molar-refractivity contribution in [3.05, 3.63) is 0 Å². The minimum absolute atomic E-state index is 0.291. The highest BCUT2D eigenvalue weighted by Gasteiger charge is 2.16. The Labute approximate surface area is 93.6 Å². The van der Waals surface area contributed by atoms with E-state index in [1.54, 1.807) is 7.11 Å². The highest BCUT2D eigenvalue weighted by Crippen LogP contribution is 2.10. The molecular weight excluding hydrogens is 198 g/mol. The summed E-state index contributed by atoms with van der Waals surface area (Å²) in [6.45, 7) is 8.50. The highest BCUT2D eigenvalue weighted by molar-refractivity contribution is 6.18. The number of alkyl halides is 1. The van der Waals surface area contributed by atoms with E-state index in [0.29, 0.717) is 18.0 Å². The first kappa shape index (κ1) is 14.2. The van der Waals surface area contributed by atoms with Crippen LogP contribution in [-0.4, -0.2) is 43.1 Å². The lowest BCUT2D eigenvalue weighted by Crippen LogP contribution is -2.40. The fourth-order valence-electron chi connectivity index (χ4n) is 1.74. The Balaban J connectivity index is 4.10. The van der Waals surface area contributed by atoms with Gasteiger partial charge in [0.2, 0.25) is 0 Å². The van der Waals surface area contributed by atoms with Crippen LogP contribution in [0, 0.1) is 0 Å². The zero-order chi connectivity index (χ0) is 11.0. The second kappa shape index (κ2) is 8.51. The van der Waals surface area contributed by atoms with E-state index in [2.05, 4.69) is 25.7 Å². The maximum Gasteiger partial charge on any atom is 0.0670 e. The first-order valence-corrected chi connectivity index (χ1v) is 6.05. The second-order valence-corrected chi connectivity index (χ2v) is 4.08. The molecule has 0 bridgehead atoms. The minimum Gasteiger partial charge on any atom is -0.380 e. The molecule has 86 valence electrons. The fraction of sp³-hybridized carbons (Fsp3) is 1.00. The molecule has 0 aliphatic rings. The average Bonchev–Trinajstić information content (AvgIpc) is 2.19. The number of hydrogen-bond acceptors (Lipinski definition) is 2. The van der Waals surface area contributed by atoms with Gasteiger partial charge in [0.1, 0.15) is 0 Å². The Hall–Kier alpha value is 0.210. The van der Waals surface area contributed by atoms with Gasteiger partial charge >= 0.3 is 0 Å². The van der Waals surface area contributed by atoms with E-state index < -0.39 is 0 Å². The summed E-state index contributed by atoms with van der Waals surface area (Å²) in [5.41, 5.74) is 0.